The van der Waals surface area contributed by atoms with E-state index in [1.807, 2.05) is 0 Å². The summed E-state index contributed by atoms with van der Waals surface area (Å²) in [5.41, 5.74) is 0. The fourth-order valence-electron chi connectivity index (χ4n) is 0. The van der Waals surface area contributed by atoms with Gasteiger partial charge in [-0.1, -0.05) is 0 Å². The first-order valence-corrected chi connectivity index (χ1v) is 0.258. The summed E-state index contributed by atoms with van der Waals surface area (Å²) in [6.07, 6.45) is 0. The van der Waals surface area contributed by atoms with Gasteiger partial charge < -0.3 is 4.28 Å². The molecule has 0 aliphatic rings. The molecule has 0 heterocycles. The Labute approximate surface area is 119 Å². The van der Waals surface area contributed by atoms with Crippen LogP contribution in [0, 0.1) is 11.8 Å². The van der Waals surface area contributed by atoms with Gasteiger partial charge in [-0.05, 0) is 0 Å². The molecular weight excluding hydrogens is 159 g/mol. The van der Waals surface area contributed by atoms with Crippen molar-refractivity contribution in [3.63, 3.8) is 0 Å². The summed E-state index contributed by atoms with van der Waals surface area (Å²) in [7, 11) is 0. The number of hydrogen-bond donors (Lipinski definition) is 0. The molecule has 0 saturated carbocycles. The smallest absolute Gasteiger partial charge is 1.00 e. The van der Waals surface area contributed by atoms with E-state index < -0.39 is 0 Å². The predicted molar refractivity (Wildman–Crippen MR) is 10.0 cm³/mol. The topological polar surface area (TPSA) is 23.8 Å². The van der Waals surface area contributed by atoms with Crippen LogP contribution in [0.25, 0.3) is 0 Å². The summed E-state index contributed by atoms with van der Waals surface area (Å²) in [5.74, 6) is 0. The summed E-state index contributed by atoms with van der Waals surface area (Å²) in [4.78, 5) is 0. The Bertz CT molecular complexity index is 23.8. The number of rotatable bonds is 0. The van der Waals surface area contributed by atoms with Gasteiger partial charge in [-0.2, -0.15) is 0 Å². The quantitative estimate of drug-likeness (QED) is 0.325. The van der Waals surface area contributed by atoms with Crippen LogP contribution < -0.4 is 88.7 Å². The molecule has 0 fully saturated rings. The van der Waals surface area contributed by atoms with Crippen molar-refractivity contribution >= 4 is 0 Å². The molecule has 0 bridgehead atoms. The van der Waals surface area contributed by atoms with Gasteiger partial charge in [0.05, 0.1) is 0 Å². The normalized spacial score (nSPS) is 0.333. The second kappa shape index (κ2) is 43.5. The van der Waals surface area contributed by atoms with Crippen LogP contribution in [0.15, 0.2) is 0 Å². The SMILES string of the molecule is C#N.[Cu].[H-].[H-].[H-].[Na+].[Na+].[Na+]. The molecule has 0 N–H and O–H groups in total. The Balaban J connectivity index is -0.000000000238. The molecule has 0 aromatic carbocycles. The number of hydrogen-bond acceptors (Lipinski definition) is 1. The summed E-state index contributed by atoms with van der Waals surface area (Å²) >= 11 is 0. The average Bonchev–Trinajstić information content (AvgIpc) is 1.00. The van der Waals surface area contributed by atoms with Gasteiger partial charge in [-0.15, -0.1) is 0 Å². The zero-order chi connectivity index (χ0) is 2.00. The minimum atomic E-state index is 0. The summed E-state index contributed by atoms with van der Waals surface area (Å²) in [6, 6.07) is 0. The zero-order valence-corrected chi connectivity index (χ0v) is 11.3. The molecule has 5 heteroatoms. The Morgan fingerprint density at radius 2 is 1.00 bits per heavy atom. The monoisotopic (exact) mass is 162 g/mol. The fourth-order valence-corrected chi connectivity index (χ4v) is 0. The van der Waals surface area contributed by atoms with Crippen molar-refractivity contribution in [2.24, 2.45) is 0 Å². The van der Waals surface area contributed by atoms with Crippen molar-refractivity contribution in [3.05, 3.63) is 0 Å². The Kier molecular flexibility index (Phi) is 260. The first-order valence-electron chi connectivity index (χ1n) is 0.258. The largest absolute Gasteiger partial charge is 1.00 e. The van der Waals surface area contributed by atoms with Crippen molar-refractivity contribution in [1.29, 1.82) is 5.26 Å². The van der Waals surface area contributed by atoms with Gasteiger partial charge in [0.15, 0.2) is 0 Å². The molecule has 1 nitrogen and oxygen atoms in total. The Morgan fingerprint density at radius 1 is 1.00 bits per heavy atom. The molecule has 0 aromatic rings. The predicted octanol–water partition coefficient (Wildman–Crippen LogP) is -8.51. The van der Waals surface area contributed by atoms with E-state index in [1.54, 1.807) is 0 Å². The minimum absolute atomic E-state index is 0. The maximum Gasteiger partial charge on any atom is 1.00 e. The molecule has 6 heavy (non-hydrogen) atoms. The molecular formula is CH4CuNNa3. The van der Waals surface area contributed by atoms with Gasteiger partial charge in [0.1, 0.15) is 0 Å². The maximum absolute atomic E-state index is 6.50. The van der Waals surface area contributed by atoms with Gasteiger partial charge in [0.2, 0.25) is 0 Å². The molecule has 0 aromatic heterocycles. The van der Waals surface area contributed by atoms with E-state index in [1.165, 1.54) is 0 Å². The van der Waals surface area contributed by atoms with Crippen LogP contribution in [0.3, 0.4) is 0 Å². The first-order chi connectivity index (χ1) is 1.00. The van der Waals surface area contributed by atoms with Crippen LogP contribution >= 0.6 is 0 Å². The molecule has 0 unspecified atom stereocenters. The molecule has 0 aliphatic heterocycles. The van der Waals surface area contributed by atoms with Crippen molar-refractivity contribution in [2.75, 3.05) is 0 Å². The maximum atomic E-state index is 6.50. The van der Waals surface area contributed by atoms with E-state index in [0.29, 0.717) is 0 Å². The van der Waals surface area contributed by atoms with Crippen molar-refractivity contribution < 1.29 is 110 Å². The van der Waals surface area contributed by atoms with Crippen LogP contribution in [-0.2, 0) is 17.1 Å². The molecule has 0 amide bonds. The number of nitriles is 1. The molecule has 0 atom stereocenters. The van der Waals surface area contributed by atoms with E-state index in [-0.39, 0.29) is 110 Å². The van der Waals surface area contributed by atoms with Gasteiger partial charge >= 0.3 is 88.7 Å². The number of nitrogens with zero attached hydrogens (tertiary/aromatic N) is 1. The van der Waals surface area contributed by atoms with E-state index in [0.717, 1.165) is 0 Å². The van der Waals surface area contributed by atoms with Gasteiger partial charge in [-0.25, -0.2) is 5.26 Å². The van der Waals surface area contributed by atoms with Crippen LogP contribution in [0.1, 0.15) is 4.28 Å². The van der Waals surface area contributed by atoms with Gasteiger partial charge in [0, 0.05) is 23.6 Å². The van der Waals surface area contributed by atoms with Crippen LogP contribution in [0.2, 0.25) is 0 Å². The zero-order valence-electron chi connectivity index (χ0n) is 7.33. The van der Waals surface area contributed by atoms with Crippen molar-refractivity contribution in [3.8, 4) is 6.57 Å². The second-order valence-electron chi connectivity index (χ2n) is 0. The van der Waals surface area contributed by atoms with Gasteiger partial charge in [-0.3, -0.25) is 0 Å². The molecule has 1 radical (unpaired) electrons. The molecule has 27 valence electrons. The molecule has 0 rings (SSSR count). The molecule has 0 saturated heterocycles. The van der Waals surface area contributed by atoms with Crippen molar-refractivity contribution in [1.82, 2.24) is 0 Å². The van der Waals surface area contributed by atoms with E-state index in [4.69, 9.17) is 5.26 Å². The molecule has 0 aliphatic carbocycles. The Morgan fingerprint density at radius 3 is 1.00 bits per heavy atom. The van der Waals surface area contributed by atoms with E-state index in [2.05, 4.69) is 6.57 Å². The summed E-state index contributed by atoms with van der Waals surface area (Å²) in [5, 5.41) is 6.50. The van der Waals surface area contributed by atoms with Crippen molar-refractivity contribution in [2.45, 2.75) is 0 Å². The van der Waals surface area contributed by atoms with E-state index >= 15 is 0 Å². The Hall–Kier alpha value is 3.01. The molecule has 0 spiro atoms. The third-order valence-electron chi connectivity index (χ3n) is 0. The van der Waals surface area contributed by atoms with Crippen LogP contribution in [-0.4, -0.2) is 0 Å². The average molecular weight is 163 g/mol. The fraction of sp³-hybridized carbons (Fsp3) is 0. The van der Waals surface area contributed by atoms with Crippen LogP contribution in [0.5, 0.6) is 0 Å². The summed E-state index contributed by atoms with van der Waals surface area (Å²) in [6.45, 7) is 3.50. The standard InChI is InChI=1S/CHN.Cu.3Na.3H/c1-2;;;;;;;/h1H;;;;;;;/q;;3*+1;3*-1. The minimum Gasteiger partial charge on any atom is -1.00 e. The summed E-state index contributed by atoms with van der Waals surface area (Å²) < 4.78 is 0. The second-order valence-corrected chi connectivity index (χ2v) is 0. The first kappa shape index (κ1) is 36.0. The van der Waals surface area contributed by atoms with Crippen LogP contribution in [0.4, 0.5) is 0 Å². The van der Waals surface area contributed by atoms with E-state index in [9.17, 15) is 0 Å². The third kappa shape index (κ3) is 27.9. The van der Waals surface area contributed by atoms with Gasteiger partial charge in [0.25, 0.3) is 0 Å². The third-order valence-corrected chi connectivity index (χ3v) is 0.